The molecule has 1 saturated heterocycles. The van der Waals surface area contributed by atoms with Crippen LogP contribution in [0.4, 0.5) is 10.5 Å². The first-order valence-electron chi connectivity index (χ1n) is 16.6. The van der Waals surface area contributed by atoms with Gasteiger partial charge in [-0.1, -0.05) is 67.6 Å². The molecule has 11 heteroatoms. The third-order valence-electron chi connectivity index (χ3n) is 8.28. The molecule has 4 atom stereocenters. The Morgan fingerprint density at radius 1 is 0.840 bits per heavy atom. The maximum Gasteiger partial charge on any atom is 0.325 e. The van der Waals surface area contributed by atoms with Gasteiger partial charge in [-0.2, -0.15) is 0 Å². The average Bonchev–Trinajstić information content (AvgIpc) is 3.13. The summed E-state index contributed by atoms with van der Waals surface area (Å²) in [4.78, 5) is 36.2. The zero-order valence-electron chi connectivity index (χ0n) is 28.4. The molecule has 0 aromatic heterocycles. The van der Waals surface area contributed by atoms with Crippen molar-refractivity contribution in [1.29, 1.82) is 0 Å². The molecule has 4 aromatic carbocycles. The van der Waals surface area contributed by atoms with E-state index in [0.29, 0.717) is 5.75 Å². The van der Waals surface area contributed by atoms with Gasteiger partial charge in [0.15, 0.2) is 6.29 Å². The summed E-state index contributed by atoms with van der Waals surface area (Å²) in [7, 11) is 0. The molecule has 4 aromatic rings. The van der Waals surface area contributed by atoms with E-state index in [2.05, 4.69) is 28.9 Å². The van der Waals surface area contributed by atoms with Crippen LogP contribution in [0.15, 0.2) is 102 Å². The first-order chi connectivity index (χ1) is 24.2. The van der Waals surface area contributed by atoms with Crippen LogP contribution >= 0.6 is 11.8 Å². The fraction of sp³-hybridized carbons (Fsp3) is 0.308. The maximum atomic E-state index is 12.2. The van der Waals surface area contributed by atoms with Gasteiger partial charge < -0.3 is 35.3 Å². The number of rotatable bonds is 13. The number of aliphatic hydroxyl groups excluding tert-OH is 1. The van der Waals surface area contributed by atoms with E-state index in [9.17, 15) is 19.5 Å². The highest BCUT2D eigenvalue weighted by Gasteiger charge is 2.38. The SMILES string of the molecule is CCOC(=O)CNC(=O)NCc1cccc(-c2cccc([C@@H]3O[C@H](CSc4ccc(NC(C)=O)cc4)[C@H](C)[C@H](c4ccc(CO)cc4)O3)c2)c1. The zero-order chi connectivity index (χ0) is 35.5. The average molecular weight is 698 g/mol. The summed E-state index contributed by atoms with van der Waals surface area (Å²) in [5.74, 6) is 0.115. The molecule has 0 aliphatic carbocycles. The normalized spacial score (nSPS) is 18.6. The number of nitrogens with one attached hydrogen (secondary N) is 3. The molecule has 1 fully saturated rings. The molecule has 1 aliphatic heterocycles. The largest absolute Gasteiger partial charge is 0.465 e. The topological polar surface area (TPSA) is 135 Å². The second-order valence-electron chi connectivity index (χ2n) is 12.0. The summed E-state index contributed by atoms with van der Waals surface area (Å²) >= 11 is 1.69. The summed E-state index contributed by atoms with van der Waals surface area (Å²) in [5.41, 5.74) is 6.31. The number of amides is 3. The van der Waals surface area contributed by atoms with Gasteiger partial charge in [0, 0.05) is 41.3 Å². The van der Waals surface area contributed by atoms with Crippen LogP contribution in [0.5, 0.6) is 0 Å². The predicted molar refractivity (Wildman–Crippen MR) is 193 cm³/mol. The molecule has 1 heterocycles. The number of hydrogen-bond donors (Lipinski definition) is 4. The van der Waals surface area contributed by atoms with E-state index in [1.54, 1.807) is 18.7 Å². The molecular formula is C39H43N3O7S. The van der Waals surface area contributed by atoms with Gasteiger partial charge in [0.05, 0.1) is 25.4 Å². The quantitative estimate of drug-likeness (QED) is 0.0891. The smallest absolute Gasteiger partial charge is 0.325 e. The Morgan fingerprint density at radius 2 is 1.56 bits per heavy atom. The van der Waals surface area contributed by atoms with Crippen molar-refractivity contribution in [2.45, 2.75) is 57.3 Å². The van der Waals surface area contributed by atoms with Crippen molar-refractivity contribution in [2.75, 3.05) is 24.2 Å². The maximum absolute atomic E-state index is 12.2. The lowest BCUT2D eigenvalue weighted by Gasteiger charge is -2.41. The summed E-state index contributed by atoms with van der Waals surface area (Å²) in [6.07, 6.45) is -1.03. The predicted octanol–water partition coefficient (Wildman–Crippen LogP) is 6.75. The number of thioether (sulfide) groups is 1. The van der Waals surface area contributed by atoms with Gasteiger partial charge >= 0.3 is 12.0 Å². The van der Waals surface area contributed by atoms with Crippen molar-refractivity contribution in [3.63, 3.8) is 0 Å². The zero-order valence-corrected chi connectivity index (χ0v) is 29.2. The number of hydrogen-bond acceptors (Lipinski definition) is 8. The van der Waals surface area contributed by atoms with E-state index >= 15 is 0 Å². The number of carbonyl (C=O) groups excluding carboxylic acids is 3. The number of aliphatic hydroxyl groups is 1. The van der Waals surface area contributed by atoms with Gasteiger partial charge in [-0.3, -0.25) is 9.59 Å². The lowest BCUT2D eigenvalue weighted by atomic mass is 9.91. The van der Waals surface area contributed by atoms with E-state index in [1.807, 2.05) is 91.0 Å². The summed E-state index contributed by atoms with van der Waals surface area (Å²) in [5, 5.41) is 17.7. The Labute approximate surface area is 296 Å². The highest BCUT2D eigenvalue weighted by molar-refractivity contribution is 7.99. The number of urea groups is 1. The monoisotopic (exact) mass is 697 g/mol. The Kier molecular flexibility index (Phi) is 13.0. The van der Waals surface area contributed by atoms with Crippen LogP contribution in [0.25, 0.3) is 11.1 Å². The van der Waals surface area contributed by atoms with E-state index in [1.165, 1.54) is 6.92 Å². The molecule has 4 N–H and O–H groups in total. The minimum atomic E-state index is -0.630. The van der Waals surface area contributed by atoms with Crippen LogP contribution in [0.1, 0.15) is 55.4 Å². The molecule has 5 rings (SSSR count). The molecular weight excluding hydrogens is 655 g/mol. The highest BCUT2D eigenvalue weighted by atomic mass is 32.2. The first kappa shape index (κ1) is 36.6. The molecule has 0 bridgehead atoms. The number of benzene rings is 4. The molecule has 0 unspecified atom stereocenters. The minimum absolute atomic E-state index is 0.0271. The van der Waals surface area contributed by atoms with Crippen LogP contribution in [-0.4, -0.2) is 48.0 Å². The fourth-order valence-corrected chi connectivity index (χ4v) is 6.73. The fourth-order valence-electron chi connectivity index (χ4n) is 5.66. The Bertz CT molecular complexity index is 1750. The van der Waals surface area contributed by atoms with Crippen LogP contribution in [0, 0.1) is 5.92 Å². The molecule has 50 heavy (non-hydrogen) atoms. The summed E-state index contributed by atoms with van der Waals surface area (Å²) in [6.45, 7) is 5.65. The van der Waals surface area contributed by atoms with Crippen LogP contribution in [-0.2, 0) is 37.0 Å². The van der Waals surface area contributed by atoms with Gasteiger partial charge in [0.25, 0.3) is 0 Å². The van der Waals surface area contributed by atoms with Crippen molar-refractivity contribution in [2.24, 2.45) is 5.92 Å². The molecule has 262 valence electrons. The van der Waals surface area contributed by atoms with Crippen molar-refractivity contribution in [3.05, 3.63) is 119 Å². The lowest BCUT2D eigenvalue weighted by Crippen LogP contribution is -2.38. The van der Waals surface area contributed by atoms with Crippen molar-refractivity contribution < 1.29 is 33.7 Å². The van der Waals surface area contributed by atoms with Crippen molar-refractivity contribution >= 4 is 35.4 Å². The minimum Gasteiger partial charge on any atom is -0.465 e. The Morgan fingerprint density at radius 3 is 2.26 bits per heavy atom. The second-order valence-corrected chi connectivity index (χ2v) is 13.1. The van der Waals surface area contributed by atoms with Gasteiger partial charge in [-0.25, -0.2) is 4.79 Å². The van der Waals surface area contributed by atoms with E-state index < -0.39 is 18.3 Å². The number of anilines is 1. The van der Waals surface area contributed by atoms with E-state index in [-0.39, 0.29) is 50.3 Å². The molecule has 10 nitrogen and oxygen atoms in total. The molecule has 1 aliphatic rings. The molecule has 0 saturated carbocycles. The lowest BCUT2D eigenvalue weighted by molar-refractivity contribution is -0.268. The Balaban J connectivity index is 1.31. The molecule has 3 amide bonds. The number of ether oxygens (including phenoxy) is 3. The summed E-state index contributed by atoms with van der Waals surface area (Å²) in [6, 6.07) is 31.1. The third kappa shape index (κ3) is 10.2. The van der Waals surface area contributed by atoms with Gasteiger partial charge in [-0.05, 0) is 71.1 Å². The first-order valence-corrected chi connectivity index (χ1v) is 17.6. The van der Waals surface area contributed by atoms with Gasteiger partial charge in [0.2, 0.25) is 5.91 Å². The van der Waals surface area contributed by atoms with Crippen LogP contribution in [0.3, 0.4) is 0 Å². The second kappa shape index (κ2) is 17.8. The van der Waals surface area contributed by atoms with Crippen LogP contribution in [0.2, 0.25) is 0 Å². The third-order valence-corrected chi connectivity index (χ3v) is 9.38. The number of esters is 1. The van der Waals surface area contributed by atoms with Gasteiger partial charge in [-0.15, -0.1) is 11.8 Å². The molecule has 0 spiro atoms. The summed E-state index contributed by atoms with van der Waals surface area (Å²) < 4.78 is 18.2. The van der Waals surface area contributed by atoms with E-state index in [0.717, 1.165) is 44.0 Å². The molecule has 0 radical (unpaired) electrons. The van der Waals surface area contributed by atoms with Crippen LogP contribution < -0.4 is 16.0 Å². The van der Waals surface area contributed by atoms with E-state index in [4.69, 9.17) is 14.2 Å². The Hall–Kier alpha value is -4.68. The standard InChI is InChI=1S/C39H43N3O7S/c1-4-47-36(45)22-41-39(46)40-21-28-7-5-8-30(19-28)31-9-6-10-32(20-31)38-48-35(24-50-34-17-15-33(16-18-34)42-26(3)44)25(2)37(49-38)29-13-11-27(23-43)12-14-29/h5-20,25,35,37-38,43H,4,21-24H2,1-3H3,(H,42,44)(H2,40,41,46)/t25-,35+,37+,38+/m0/s1. The van der Waals surface area contributed by atoms with Gasteiger partial charge in [0.1, 0.15) is 6.54 Å². The highest BCUT2D eigenvalue weighted by Crippen LogP contribution is 2.43. The van der Waals surface area contributed by atoms with Crippen molar-refractivity contribution in [3.8, 4) is 11.1 Å². The number of carbonyl (C=O) groups is 3. The van der Waals surface area contributed by atoms with Crippen molar-refractivity contribution in [1.82, 2.24) is 10.6 Å².